The summed E-state index contributed by atoms with van der Waals surface area (Å²) >= 11 is 0. The van der Waals surface area contributed by atoms with E-state index in [1.54, 1.807) is 0 Å². The van der Waals surface area contributed by atoms with Crippen molar-refractivity contribution in [3.05, 3.63) is 54.1 Å². The zero-order valence-electron chi connectivity index (χ0n) is 16.3. The van der Waals surface area contributed by atoms with E-state index in [4.69, 9.17) is 14.2 Å². The monoisotopic (exact) mass is 384 g/mol. The summed E-state index contributed by atoms with van der Waals surface area (Å²) < 4.78 is 17.0. The van der Waals surface area contributed by atoms with Crippen molar-refractivity contribution in [2.75, 3.05) is 31.7 Å². The number of rotatable bonds is 10. The number of ether oxygens (including phenoxy) is 3. The Hall–Kier alpha value is -2.57. The fourth-order valence-corrected chi connectivity index (χ4v) is 3.09. The van der Waals surface area contributed by atoms with Crippen LogP contribution in [-0.4, -0.2) is 38.4 Å². The standard InChI is InChI=1S/C22H28N2O4/c1-2-26-21-13-17(14-23-15-19-9-6-12-27-19)10-11-20(21)28-16-22(25)24-18-7-4-3-5-8-18/h3-5,7-8,10-11,13,19,23H,2,6,9,12,14-16H2,1H3,(H,24,25). The maximum atomic E-state index is 12.1. The maximum absolute atomic E-state index is 12.1. The van der Waals surface area contributed by atoms with Gasteiger partial charge in [0.1, 0.15) is 0 Å². The molecule has 3 rings (SSSR count). The van der Waals surface area contributed by atoms with Crippen molar-refractivity contribution in [1.82, 2.24) is 5.32 Å². The minimum Gasteiger partial charge on any atom is -0.490 e. The molecule has 1 atom stereocenters. The van der Waals surface area contributed by atoms with Crippen LogP contribution in [0.5, 0.6) is 11.5 Å². The van der Waals surface area contributed by atoms with E-state index in [1.807, 2.05) is 55.5 Å². The van der Waals surface area contributed by atoms with Gasteiger partial charge in [0.2, 0.25) is 0 Å². The van der Waals surface area contributed by atoms with Crippen molar-refractivity contribution < 1.29 is 19.0 Å². The molecular weight excluding hydrogens is 356 g/mol. The molecule has 2 aromatic rings. The first-order valence-corrected chi connectivity index (χ1v) is 9.80. The van der Waals surface area contributed by atoms with Gasteiger partial charge in [-0.3, -0.25) is 4.79 Å². The van der Waals surface area contributed by atoms with Crippen LogP contribution in [0, 0.1) is 0 Å². The summed E-state index contributed by atoms with van der Waals surface area (Å²) in [6, 6.07) is 15.1. The smallest absolute Gasteiger partial charge is 0.262 e. The number of benzene rings is 2. The van der Waals surface area contributed by atoms with Crippen LogP contribution in [0.25, 0.3) is 0 Å². The lowest BCUT2D eigenvalue weighted by atomic mass is 10.2. The van der Waals surface area contributed by atoms with Crippen molar-refractivity contribution in [3.63, 3.8) is 0 Å². The van der Waals surface area contributed by atoms with E-state index < -0.39 is 0 Å². The molecule has 0 aliphatic carbocycles. The van der Waals surface area contributed by atoms with E-state index >= 15 is 0 Å². The van der Waals surface area contributed by atoms with Gasteiger partial charge in [0, 0.05) is 25.4 Å². The number of anilines is 1. The maximum Gasteiger partial charge on any atom is 0.262 e. The second kappa shape index (κ2) is 10.7. The van der Waals surface area contributed by atoms with Crippen LogP contribution in [-0.2, 0) is 16.1 Å². The van der Waals surface area contributed by atoms with Gasteiger partial charge in [-0.25, -0.2) is 0 Å². The van der Waals surface area contributed by atoms with Crippen molar-refractivity contribution in [2.24, 2.45) is 0 Å². The highest BCUT2D eigenvalue weighted by Gasteiger charge is 2.15. The molecular formula is C22H28N2O4. The Bertz CT molecular complexity index is 745. The molecule has 2 N–H and O–H groups in total. The van der Waals surface area contributed by atoms with Crippen LogP contribution in [0.4, 0.5) is 5.69 Å². The molecule has 1 heterocycles. The second-order valence-electron chi connectivity index (χ2n) is 6.68. The summed E-state index contributed by atoms with van der Waals surface area (Å²) in [7, 11) is 0. The van der Waals surface area contributed by atoms with E-state index in [9.17, 15) is 4.79 Å². The Morgan fingerprint density at radius 3 is 2.75 bits per heavy atom. The number of nitrogens with one attached hydrogen (secondary N) is 2. The quantitative estimate of drug-likeness (QED) is 0.657. The van der Waals surface area contributed by atoms with Crippen LogP contribution in [0.2, 0.25) is 0 Å². The first-order chi connectivity index (χ1) is 13.7. The van der Waals surface area contributed by atoms with E-state index in [-0.39, 0.29) is 12.5 Å². The molecule has 6 heteroatoms. The highest BCUT2D eigenvalue weighted by molar-refractivity contribution is 5.91. The predicted molar refractivity (Wildman–Crippen MR) is 109 cm³/mol. The Labute approximate surface area is 166 Å². The lowest BCUT2D eigenvalue weighted by Gasteiger charge is -2.15. The Morgan fingerprint density at radius 2 is 2.00 bits per heavy atom. The summed E-state index contributed by atoms with van der Waals surface area (Å²) in [6.07, 6.45) is 2.58. The number of amides is 1. The number of hydrogen-bond acceptors (Lipinski definition) is 5. The van der Waals surface area contributed by atoms with Gasteiger partial charge >= 0.3 is 0 Å². The average molecular weight is 384 g/mol. The molecule has 1 aliphatic heterocycles. The summed E-state index contributed by atoms with van der Waals surface area (Å²) in [5, 5.41) is 6.23. The van der Waals surface area contributed by atoms with E-state index in [2.05, 4.69) is 10.6 Å². The SMILES string of the molecule is CCOc1cc(CNCC2CCCO2)ccc1OCC(=O)Nc1ccccc1. The topological polar surface area (TPSA) is 68.8 Å². The highest BCUT2D eigenvalue weighted by Crippen LogP contribution is 2.28. The molecule has 0 aromatic heterocycles. The number of hydrogen-bond donors (Lipinski definition) is 2. The average Bonchev–Trinajstić information content (AvgIpc) is 3.22. The van der Waals surface area contributed by atoms with Crippen LogP contribution >= 0.6 is 0 Å². The molecule has 1 fully saturated rings. The number of carbonyl (C=O) groups excluding carboxylic acids is 1. The highest BCUT2D eigenvalue weighted by atomic mass is 16.5. The van der Waals surface area contributed by atoms with Crippen LogP contribution < -0.4 is 20.1 Å². The Balaban J connectivity index is 1.52. The molecule has 0 radical (unpaired) electrons. The zero-order chi connectivity index (χ0) is 19.6. The molecule has 6 nitrogen and oxygen atoms in total. The van der Waals surface area contributed by atoms with E-state index in [1.165, 1.54) is 0 Å². The van der Waals surface area contributed by atoms with Gasteiger partial charge in [-0.1, -0.05) is 24.3 Å². The first kappa shape index (κ1) is 20.2. The molecule has 0 saturated carbocycles. The summed E-state index contributed by atoms with van der Waals surface area (Å²) in [4.78, 5) is 12.1. The predicted octanol–water partition coefficient (Wildman–Crippen LogP) is 3.37. The third kappa shape index (κ3) is 6.25. The minimum atomic E-state index is -0.212. The van der Waals surface area contributed by atoms with Crippen LogP contribution in [0.1, 0.15) is 25.3 Å². The minimum absolute atomic E-state index is 0.0778. The first-order valence-electron chi connectivity index (χ1n) is 9.80. The fraction of sp³-hybridized carbons (Fsp3) is 0.409. The van der Waals surface area contributed by atoms with Gasteiger partial charge < -0.3 is 24.8 Å². The summed E-state index contributed by atoms with van der Waals surface area (Å²) in [5.41, 5.74) is 1.84. The molecule has 1 unspecified atom stereocenters. The molecule has 0 spiro atoms. The van der Waals surface area contributed by atoms with Gasteiger partial charge in [-0.2, -0.15) is 0 Å². The van der Waals surface area contributed by atoms with Crippen molar-refractivity contribution in [1.29, 1.82) is 0 Å². The number of carbonyl (C=O) groups is 1. The van der Waals surface area contributed by atoms with Crippen molar-refractivity contribution >= 4 is 11.6 Å². The second-order valence-corrected chi connectivity index (χ2v) is 6.68. The number of para-hydroxylation sites is 1. The molecule has 1 aliphatic rings. The van der Waals surface area contributed by atoms with Gasteiger partial charge in [0.15, 0.2) is 18.1 Å². The lowest BCUT2D eigenvalue weighted by molar-refractivity contribution is -0.118. The molecule has 1 amide bonds. The molecule has 1 saturated heterocycles. The van der Waals surface area contributed by atoms with Crippen molar-refractivity contribution in [2.45, 2.75) is 32.4 Å². The van der Waals surface area contributed by atoms with Gasteiger partial charge in [0.25, 0.3) is 5.91 Å². The van der Waals surface area contributed by atoms with Gasteiger partial charge in [-0.05, 0) is 49.6 Å². The van der Waals surface area contributed by atoms with E-state index in [0.717, 1.165) is 43.8 Å². The third-order valence-corrected chi connectivity index (χ3v) is 4.45. The molecule has 28 heavy (non-hydrogen) atoms. The molecule has 0 bridgehead atoms. The van der Waals surface area contributed by atoms with Gasteiger partial charge in [0.05, 0.1) is 12.7 Å². The van der Waals surface area contributed by atoms with Crippen LogP contribution in [0.3, 0.4) is 0 Å². The zero-order valence-corrected chi connectivity index (χ0v) is 16.3. The Kier molecular flexibility index (Phi) is 7.70. The largest absolute Gasteiger partial charge is 0.490 e. The normalized spacial score (nSPS) is 16.0. The molecule has 2 aromatic carbocycles. The summed E-state index contributed by atoms with van der Waals surface area (Å²) in [6.45, 7) is 4.82. The molecule has 150 valence electrons. The van der Waals surface area contributed by atoms with Crippen LogP contribution in [0.15, 0.2) is 48.5 Å². The van der Waals surface area contributed by atoms with E-state index in [0.29, 0.717) is 24.2 Å². The lowest BCUT2D eigenvalue weighted by Crippen LogP contribution is -2.25. The fourth-order valence-electron chi connectivity index (χ4n) is 3.09. The van der Waals surface area contributed by atoms with Gasteiger partial charge in [-0.15, -0.1) is 0 Å². The third-order valence-electron chi connectivity index (χ3n) is 4.45. The van der Waals surface area contributed by atoms with Crippen molar-refractivity contribution in [3.8, 4) is 11.5 Å². The Morgan fingerprint density at radius 1 is 1.14 bits per heavy atom. The summed E-state index contributed by atoms with van der Waals surface area (Å²) in [5.74, 6) is 0.996.